The van der Waals surface area contributed by atoms with Gasteiger partial charge in [-0.2, -0.15) is 0 Å². The molecule has 5 heteroatoms. The van der Waals surface area contributed by atoms with Gasteiger partial charge in [0.2, 0.25) is 0 Å². The van der Waals surface area contributed by atoms with Gasteiger partial charge in [-0.25, -0.2) is 15.0 Å². The monoisotopic (exact) mass is 913 g/mol. The molecule has 340 valence electrons. The second-order valence-electron chi connectivity index (χ2n) is 17.7. The van der Waals surface area contributed by atoms with Gasteiger partial charge in [-0.05, 0) is 89.7 Å². The van der Waals surface area contributed by atoms with E-state index in [0.717, 1.165) is 84.4 Å². The summed E-state index contributed by atoms with van der Waals surface area (Å²) in [4.78, 5) is 15.6. The number of para-hydroxylation sites is 2. The van der Waals surface area contributed by atoms with Crippen LogP contribution in [0.15, 0.2) is 265 Å². The Morgan fingerprint density at radius 2 is 0.986 bits per heavy atom. The van der Waals surface area contributed by atoms with Crippen LogP contribution in [0.4, 0.5) is 0 Å². The number of rotatable bonds is 7. The quantitative estimate of drug-likeness (QED) is 0.116. The van der Waals surface area contributed by atoms with Gasteiger partial charge >= 0.3 is 0 Å². The number of aryl methyl sites for hydroxylation is 1. The molecule has 3 aromatic heterocycles. The van der Waals surface area contributed by atoms with Crippen LogP contribution in [0.1, 0.15) is 30.0 Å². The van der Waals surface area contributed by atoms with Crippen LogP contribution in [0, 0.1) is 0 Å². The van der Waals surface area contributed by atoms with Gasteiger partial charge in [0.25, 0.3) is 0 Å². The van der Waals surface area contributed by atoms with Crippen LogP contribution in [-0.4, -0.2) is 25.8 Å². The highest BCUT2D eigenvalue weighted by Crippen LogP contribution is 2.37. The maximum atomic E-state index is 5.29. The van der Waals surface area contributed by atoms with E-state index in [0.29, 0.717) is 11.5 Å². The summed E-state index contributed by atoms with van der Waals surface area (Å²) in [6.45, 7) is 6.38. The summed E-state index contributed by atoms with van der Waals surface area (Å²) in [5.74, 6) is 1.39. The first-order valence-corrected chi connectivity index (χ1v) is 24.1. The zero-order valence-corrected chi connectivity index (χ0v) is 39.8. The highest BCUT2D eigenvalue weighted by Gasteiger charge is 2.18. The Bertz CT molecular complexity index is 3850. The van der Waals surface area contributed by atoms with Crippen molar-refractivity contribution in [2.75, 3.05) is 0 Å². The number of aromatic nitrogens is 3. The summed E-state index contributed by atoms with van der Waals surface area (Å²) in [5, 5.41) is 4.93. The first-order chi connectivity index (χ1) is 35.0. The van der Waals surface area contributed by atoms with Gasteiger partial charge in [-0.1, -0.05) is 207 Å². The number of pyridine rings is 1. The minimum atomic E-state index is 0.598. The lowest BCUT2D eigenvalue weighted by molar-refractivity contribution is 1.01. The molecule has 71 heavy (non-hydrogen) atoms. The fourth-order valence-corrected chi connectivity index (χ4v) is 9.60. The molecule has 0 atom stereocenters. The van der Waals surface area contributed by atoms with Crippen LogP contribution in [0.25, 0.3) is 88.5 Å². The average Bonchev–Trinajstić information content (AvgIpc) is 3.75. The van der Waals surface area contributed by atoms with E-state index >= 15 is 0 Å². The minimum Gasteiger partial charge on any atom is -0.344 e. The molecule has 3 heterocycles. The van der Waals surface area contributed by atoms with Crippen LogP contribution < -0.4 is 0 Å². The Balaban J connectivity index is 0.000000332. The van der Waals surface area contributed by atoms with Crippen molar-refractivity contribution in [2.24, 2.45) is 17.0 Å². The molecule has 0 bridgehead atoms. The number of benzene rings is 8. The van der Waals surface area contributed by atoms with Gasteiger partial charge in [-0.15, -0.1) is 0 Å². The molecule has 1 aliphatic rings. The fourth-order valence-electron chi connectivity index (χ4n) is 9.60. The van der Waals surface area contributed by atoms with E-state index < -0.39 is 0 Å². The molecule has 5 nitrogen and oxygen atoms in total. The Morgan fingerprint density at radius 1 is 0.465 bits per heavy atom. The molecule has 0 unspecified atom stereocenters. The van der Waals surface area contributed by atoms with Crippen LogP contribution >= 0.6 is 0 Å². The third-order valence-corrected chi connectivity index (χ3v) is 13.2. The maximum absolute atomic E-state index is 5.29. The molecule has 0 saturated carbocycles. The SMILES string of the molecule is C=C(N=C(N=C(C)n1c2ccc(-c3ccccc3)cc2c2cc(-c3cc(C4=CC=CCC=C4)cc(-c4ccccc4)n3)ccc21)c1ccccc1)c1ccccc1.Cn1c2ccccc2c2ccccc21. The van der Waals surface area contributed by atoms with E-state index in [1.165, 1.54) is 27.4 Å². The van der Waals surface area contributed by atoms with E-state index in [4.69, 9.17) is 15.0 Å². The van der Waals surface area contributed by atoms with Crippen LogP contribution in [0.5, 0.6) is 0 Å². The number of fused-ring (bicyclic) bond motifs is 6. The Morgan fingerprint density at radius 3 is 1.62 bits per heavy atom. The second-order valence-corrected chi connectivity index (χ2v) is 17.7. The Hall–Kier alpha value is -9.19. The largest absolute Gasteiger partial charge is 0.344 e. The van der Waals surface area contributed by atoms with Crippen LogP contribution in [-0.2, 0) is 7.05 Å². The van der Waals surface area contributed by atoms with Gasteiger partial charge in [-0.3, -0.25) is 4.57 Å². The molecule has 0 radical (unpaired) electrons. The molecular weight excluding hydrogens is 863 g/mol. The van der Waals surface area contributed by atoms with Crippen LogP contribution in [0.3, 0.4) is 0 Å². The first-order valence-electron chi connectivity index (χ1n) is 24.1. The second kappa shape index (κ2) is 19.8. The third kappa shape index (κ3) is 9.13. The smallest absolute Gasteiger partial charge is 0.161 e. The number of nitrogens with zero attached hydrogens (tertiary/aromatic N) is 5. The molecule has 0 spiro atoms. The topological polar surface area (TPSA) is 47.5 Å². The minimum absolute atomic E-state index is 0.598. The lowest BCUT2D eigenvalue weighted by Crippen LogP contribution is -2.11. The van der Waals surface area contributed by atoms with Gasteiger partial charge in [0.15, 0.2) is 5.84 Å². The predicted octanol–water partition coefficient (Wildman–Crippen LogP) is 16.8. The third-order valence-electron chi connectivity index (χ3n) is 13.2. The number of allylic oxidation sites excluding steroid dienone is 6. The van der Waals surface area contributed by atoms with E-state index in [1.807, 2.05) is 66.7 Å². The molecule has 12 rings (SSSR count). The summed E-state index contributed by atoms with van der Waals surface area (Å²) in [6, 6.07) is 76.0. The van der Waals surface area contributed by atoms with Gasteiger partial charge in [0, 0.05) is 56.3 Å². The zero-order chi connectivity index (χ0) is 48.1. The molecule has 0 fully saturated rings. The lowest BCUT2D eigenvalue weighted by Gasteiger charge is -2.12. The standard InChI is InChI=1S/C53H40N4.C13H11N/c1-37(39-19-11-5-12-20-39)54-53(43-27-17-8-18-28-43)55-38(2)57-51-31-29-44(40-21-13-6-14-22-40)33-47(51)48-34-45(30-32-52(48)57)50-36-46(41-23-9-3-4-10-24-41)35-49(56-50)42-25-15-7-16-26-42;1-14-12-8-4-2-6-10(12)11-7-3-5-9-13(11)14/h3,5-36H,1,4H2,2H3;2-9H,1H3. The molecular formula is C66H51N5. The van der Waals surface area contributed by atoms with E-state index in [9.17, 15) is 0 Å². The molecule has 11 aromatic rings. The predicted molar refractivity (Wildman–Crippen MR) is 302 cm³/mol. The number of hydrogen-bond donors (Lipinski definition) is 0. The van der Waals surface area contributed by atoms with E-state index in [2.05, 4.69) is 212 Å². The molecule has 0 saturated heterocycles. The van der Waals surface area contributed by atoms with Crippen molar-refractivity contribution in [1.29, 1.82) is 0 Å². The summed E-state index contributed by atoms with van der Waals surface area (Å²) < 4.78 is 4.49. The average molecular weight is 914 g/mol. The molecule has 8 aromatic carbocycles. The van der Waals surface area contributed by atoms with Crippen LogP contribution in [0.2, 0.25) is 0 Å². The fraction of sp³-hybridized carbons (Fsp3) is 0.0455. The Labute approximate surface area is 414 Å². The molecule has 1 aliphatic carbocycles. The number of hydrogen-bond acceptors (Lipinski definition) is 2. The van der Waals surface area contributed by atoms with E-state index in [-0.39, 0.29) is 0 Å². The van der Waals surface area contributed by atoms with Crippen molar-refractivity contribution in [3.63, 3.8) is 0 Å². The maximum Gasteiger partial charge on any atom is 0.161 e. The molecule has 0 N–H and O–H groups in total. The van der Waals surface area contributed by atoms with Crippen molar-refractivity contribution in [3.8, 4) is 33.6 Å². The first kappa shape index (κ1) is 44.3. The van der Waals surface area contributed by atoms with Gasteiger partial charge in [0.1, 0.15) is 5.84 Å². The van der Waals surface area contributed by atoms with Crippen molar-refractivity contribution >= 4 is 66.6 Å². The number of aliphatic imine (C=N–C) groups is 2. The summed E-state index contributed by atoms with van der Waals surface area (Å²) in [6.07, 6.45) is 11.8. The highest BCUT2D eigenvalue weighted by molar-refractivity contribution is 6.18. The zero-order valence-electron chi connectivity index (χ0n) is 39.8. The summed E-state index contributed by atoms with van der Waals surface area (Å²) in [5.41, 5.74) is 15.8. The van der Waals surface area contributed by atoms with Gasteiger partial charge in [0.05, 0.1) is 28.1 Å². The van der Waals surface area contributed by atoms with Crippen molar-refractivity contribution < 1.29 is 0 Å². The van der Waals surface area contributed by atoms with Crippen molar-refractivity contribution in [2.45, 2.75) is 13.3 Å². The van der Waals surface area contributed by atoms with Gasteiger partial charge < -0.3 is 4.57 Å². The van der Waals surface area contributed by atoms with Crippen molar-refractivity contribution in [1.82, 2.24) is 14.1 Å². The highest BCUT2D eigenvalue weighted by atomic mass is 15.1. The van der Waals surface area contributed by atoms with Crippen molar-refractivity contribution in [3.05, 3.63) is 272 Å². The summed E-state index contributed by atoms with van der Waals surface area (Å²) >= 11 is 0. The normalized spacial score (nSPS) is 12.8. The van der Waals surface area contributed by atoms with E-state index in [1.54, 1.807) is 0 Å². The number of amidine groups is 1. The molecule has 0 amide bonds. The lowest BCUT2D eigenvalue weighted by atomic mass is 9.98. The summed E-state index contributed by atoms with van der Waals surface area (Å²) in [7, 11) is 2.12. The molecule has 0 aliphatic heterocycles. The Kier molecular flexibility index (Phi) is 12.4.